The summed E-state index contributed by atoms with van der Waals surface area (Å²) in [4.78, 5) is 35.3. The molecule has 0 heterocycles. The minimum absolute atomic E-state index is 0.0279. The summed E-state index contributed by atoms with van der Waals surface area (Å²) in [5.41, 5.74) is 0.275. The van der Waals surface area contributed by atoms with Gasteiger partial charge in [-0.3, -0.25) is 9.59 Å². The minimum atomic E-state index is -0.981. The van der Waals surface area contributed by atoms with Gasteiger partial charge in [0.2, 0.25) is 0 Å². The third-order valence-corrected chi connectivity index (χ3v) is 3.16. The van der Waals surface area contributed by atoms with Gasteiger partial charge in [-0.1, -0.05) is 6.92 Å². The second-order valence-electron chi connectivity index (χ2n) is 4.78. The Bertz CT molecular complexity index is 539. The highest BCUT2D eigenvalue weighted by Gasteiger charge is 2.29. The van der Waals surface area contributed by atoms with E-state index in [1.165, 1.54) is 38.5 Å². The first-order valence-electron chi connectivity index (χ1n) is 6.63. The van der Waals surface area contributed by atoms with Crippen LogP contribution in [0.4, 0.5) is 0 Å². The van der Waals surface area contributed by atoms with Crippen molar-refractivity contribution in [3.8, 4) is 5.75 Å². The number of phenols is 1. The molecule has 1 amide bonds. The number of carbonyl (C=O) groups excluding carboxylic acids is 3. The third-order valence-electron chi connectivity index (χ3n) is 3.16. The van der Waals surface area contributed by atoms with Crippen LogP contribution in [0.1, 0.15) is 23.7 Å². The first-order valence-corrected chi connectivity index (χ1v) is 6.63. The molecule has 0 aliphatic heterocycles. The summed E-state index contributed by atoms with van der Waals surface area (Å²) in [5.74, 6) is -2.11. The molecule has 0 fully saturated rings. The molecule has 0 saturated carbocycles. The number of methoxy groups -OCH3 is 2. The van der Waals surface area contributed by atoms with Crippen molar-refractivity contribution in [3.05, 3.63) is 29.8 Å². The van der Waals surface area contributed by atoms with Crippen molar-refractivity contribution in [2.24, 2.45) is 5.92 Å². The van der Waals surface area contributed by atoms with Crippen molar-refractivity contribution in [1.82, 2.24) is 5.32 Å². The molecule has 0 radical (unpaired) electrons. The van der Waals surface area contributed by atoms with Gasteiger partial charge < -0.3 is 19.9 Å². The third kappa shape index (κ3) is 4.76. The molecule has 2 N–H and O–H groups in total. The summed E-state index contributed by atoms with van der Waals surface area (Å²) in [6, 6.07) is 4.58. The van der Waals surface area contributed by atoms with Gasteiger partial charge in [-0.25, -0.2) is 4.79 Å². The van der Waals surface area contributed by atoms with E-state index >= 15 is 0 Å². The van der Waals surface area contributed by atoms with E-state index in [2.05, 4.69) is 14.8 Å². The van der Waals surface area contributed by atoms with E-state index in [9.17, 15) is 19.5 Å². The van der Waals surface area contributed by atoms with Crippen LogP contribution in [0.5, 0.6) is 5.75 Å². The number of nitrogens with one attached hydrogen (secondary N) is 1. The van der Waals surface area contributed by atoms with Crippen LogP contribution in [-0.2, 0) is 19.1 Å². The fourth-order valence-corrected chi connectivity index (χ4v) is 1.86. The molecule has 0 saturated heterocycles. The van der Waals surface area contributed by atoms with Crippen molar-refractivity contribution in [2.75, 3.05) is 14.2 Å². The van der Waals surface area contributed by atoms with Crippen LogP contribution in [-0.4, -0.2) is 43.2 Å². The van der Waals surface area contributed by atoms with E-state index in [1.807, 2.05) is 0 Å². The predicted molar refractivity (Wildman–Crippen MR) is 77.2 cm³/mol. The molecule has 1 rings (SSSR count). The Hall–Kier alpha value is -2.57. The molecule has 0 aromatic heterocycles. The number of rotatable bonds is 6. The zero-order chi connectivity index (χ0) is 16.7. The van der Waals surface area contributed by atoms with Crippen molar-refractivity contribution in [2.45, 2.75) is 19.4 Å². The average molecular weight is 309 g/mol. The van der Waals surface area contributed by atoms with E-state index < -0.39 is 29.8 Å². The van der Waals surface area contributed by atoms with E-state index in [0.717, 1.165) is 0 Å². The molecule has 0 bridgehead atoms. The largest absolute Gasteiger partial charge is 0.508 e. The van der Waals surface area contributed by atoms with E-state index in [0.29, 0.717) is 0 Å². The van der Waals surface area contributed by atoms with Crippen molar-refractivity contribution >= 4 is 17.8 Å². The highest BCUT2D eigenvalue weighted by atomic mass is 16.5. The molecule has 0 spiro atoms. The lowest BCUT2D eigenvalue weighted by Gasteiger charge is -2.22. The number of hydrogen-bond donors (Lipinski definition) is 2. The molecule has 7 nitrogen and oxygen atoms in total. The SMILES string of the molecule is COC(=O)C[C@H](C)[C@@H](NC(=O)c1ccc(O)cc1)C(=O)OC. The zero-order valence-corrected chi connectivity index (χ0v) is 12.7. The Morgan fingerprint density at radius 3 is 2.23 bits per heavy atom. The predicted octanol–water partition coefficient (Wildman–Crippen LogP) is 0.863. The van der Waals surface area contributed by atoms with Gasteiger partial charge in [0.25, 0.3) is 5.91 Å². The van der Waals surface area contributed by atoms with Crippen molar-refractivity contribution < 1.29 is 29.0 Å². The maximum absolute atomic E-state index is 12.1. The molecule has 0 aliphatic rings. The van der Waals surface area contributed by atoms with Gasteiger partial charge in [-0.2, -0.15) is 0 Å². The first kappa shape index (κ1) is 17.5. The van der Waals surface area contributed by atoms with Gasteiger partial charge in [0.1, 0.15) is 11.8 Å². The monoisotopic (exact) mass is 309 g/mol. The maximum Gasteiger partial charge on any atom is 0.328 e. The summed E-state index contributed by atoms with van der Waals surface area (Å²) >= 11 is 0. The van der Waals surface area contributed by atoms with E-state index in [-0.39, 0.29) is 17.7 Å². The molecular weight excluding hydrogens is 290 g/mol. The molecule has 1 aromatic rings. The molecule has 22 heavy (non-hydrogen) atoms. The average Bonchev–Trinajstić information content (AvgIpc) is 2.51. The van der Waals surface area contributed by atoms with Crippen LogP contribution in [0, 0.1) is 5.92 Å². The smallest absolute Gasteiger partial charge is 0.328 e. The topological polar surface area (TPSA) is 102 Å². The maximum atomic E-state index is 12.1. The van der Waals surface area contributed by atoms with Crippen LogP contribution in [0.15, 0.2) is 24.3 Å². The van der Waals surface area contributed by atoms with E-state index in [1.54, 1.807) is 6.92 Å². The lowest BCUT2D eigenvalue weighted by Crippen LogP contribution is -2.46. The first-order chi connectivity index (χ1) is 10.4. The van der Waals surface area contributed by atoms with Gasteiger partial charge >= 0.3 is 11.9 Å². The molecule has 1 aromatic carbocycles. The summed E-state index contributed by atoms with van der Waals surface area (Å²) in [6.07, 6.45) is -0.0356. The fourth-order valence-electron chi connectivity index (χ4n) is 1.86. The van der Waals surface area contributed by atoms with Crippen LogP contribution >= 0.6 is 0 Å². The summed E-state index contributed by atoms with van der Waals surface area (Å²) < 4.78 is 9.21. The molecule has 2 atom stereocenters. The van der Waals surface area contributed by atoms with Gasteiger partial charge in [0.15, 0.2) is 0 Å². The van der Waals surface area contributed by atoms with Gasteiger partial charge in [-0.05, 0) is 30.2 Å². The Labute approximate surface area is 128 Å². The highest BCUT2D eigenvalue weighted by molar-refractivity contribution is 5.97. The summed E-state index contributed by atoms with van der Waals surface area (Å²) in [6.45, 7) is 1.63. The molecule has 120 valence electrons. The standard InChI is InChI=1S/C15H19NO6/c1-9(8-12(18)21-2)13(15(20)22-3)16-14(19)10-4-6-11(17)7-5-10/h4-7,9,13,17H,8H2,1-3H3,(H,16,19)/t9-,13+/m0/s1. The van der Waals surface area contributed by atoms with Crippen LogP contribution in [0.2, 0.25) is 0 Å². The van der Waals surface area contributed by atoms with E-state index in [4.69, 9.17) is 0 Å². The minimum Gasteiger partial charge on any atom is -0.508 e. The van der Waals surface area contributed by atoms with Crippen LogP contribution in [0.25, 0.3) is 0 Å². The second kappa shape index (κ2) is 8.02. The lowest BCUT2D eigenvalue weighted by molar-refractivity contribution is -0.146. The van der Waals surface area contributed by atoms with Gasteiger partial charge in [-0.15, -0.1) is 0 Å². The number of phenolic OH excluding ortho intramolecular Hbond substituents is 1. The van der Waals surface area contributed by atoms with Crippen LogP contribution < -0.4 is 5.32 Å². The molecular formula is C15H19NO6. The van der Waals surface area contributed by atoms with Gasteiger partial charge in [0.05, 0.1) is 20.6 Å². The highest BCUT2D eigenvalue weighted by Crippen LogP contribution is 2.14. The Kier molecular flexibility index (Phi) is 6.37. The summed E-state index contributed by atoms with van der Waals surface area (Å²) in [5, 5.41) is 11.7. The fraction of sp³-hybridized carbons (Fsp3) is 0.400. The Morgan fingerprint density at radius 1 is 1.14 bits per heavy atom. The zero-order valence-electron chi connectivity index (χ0n) is 12.7. The number of amides is 1. The number of benzene rings is 1. The van der Waals surface area contributed by atoms with Gasteiger partial charge in [0, 0.05) is 5.56 Å². The number of hydrogen-bond acceptors (Lipinski definition) is 6. The van der Waals surface area contributed by atoms with Crippen molar-refractivity contribution in [1.29, 1.82) is 0 Å². The lowest BCUT2D eigenvalue weighted by atomic mass is 9.98. The van der Waals surface area contributed by atoms with Crippen LogP contribution in [0.3, 0.4) is 0 Å². The number of ether oxygens (including phenoxy) is 2. The summed E-state index contributed by atoms with van der Waals surface area (Å²) in [7, 11) is 2.45. The quantitative estimate of drug-likeness (QED) is 0.756. The molecule has 0 unspecified atom stereocenters. The number of esters is 2. The number of aromatic hydroxyl groups is 1. The normalized spacial score (nSPS) is 12.9. The molecule has 7 heteroatoms. The number of carbonyl (C=O) groups is 3. The molecule has 0 aliphatic carbocycles. The Balaban J connectivity index is 2.84. The second-order valence-corrected chi connectivity index (χ2v) is 4.78. The Morgan fingerprint density at radius 2 is 1.73 bits per heavy atom. The van der Waals surface area contributed by atoms with Crippen molar-refractivity contribution in [3.63, 3.8) is 0 Å².